The van der Waals surface area contributed by atoms with Crippen LogP contribution in [0, 0.1) is 0 Å². The number of anilines is 1. The lowest BCUT2D eigenvalue weighted by Crippen LogP contribution is -1.97. The topological polar surface area (TPSA) is 56.7 Å². The van der Waals surface area contributed by atoms with E-state index in [1.807, 2.05) is 12.1 Å². The molecule has 2 aromatic heterocycles. The second-order valence-electron chi connectivity index (χ2n) is 4.86. The quantitative estimate of drug-likeness (QED) is 0.761. The van der Waals surface area contributed by atoms with E-state index in [1.54, 1.807) is 6.20 Å². The molecule has 0 bridgehead atoms. The summed E-state index contributed by atoms with van der Waals surface area (Å²) in [5.41, 5.74) is 8.85. The zero-order valence-corrected chi connectivity index (χ0v) is 11.0. The van der Waals surface area contributed by atoms with Gasteiger partial charge in [-0.2, -0.15) is 0 Å². The normalized spacial score (nSPS) is 11.3. The van der Waals surface area contributed by atoms with E-state index in [0.717, 1.165) is 11.3 Å². The van der Waals surface area contributed by atoms with Crippen molar-refractivity contribution in [3.63, 3.8) is 0 Å². The summed E-state index contributed by atoms with van der Waals surface area (Å²) in [6.45, 7) is 4.34. The maximum atomic E-state index is 5.68. The molecule has 0 spiro atoms. The van der Waals surface area contributed by atoms with Crippen LogP contribution in [-0.4, -0.2) is 14.5 Å². The number of rotatable bonds is 2. The van der Waals surface area contributed by atoms with E-state index in [-0.39, 0.29) is 0 Å². The molecule has 0 amide bonds. The van der Waals surface area contributed by atoms with Crippen LogP contribution >= 0.6 is 0 Å². The first-order valence-electron chi connectivity index (χ1n) is 6.35. The lowest BCUT2D eigenvalue weighted by atomic mass is 10.1. The fourth-order valence-electron chi connectivity index (χ4n) is 2.36. The zero-order chi connectivity index (χ0) is 13.4. The molecule has 1 aromatic carbocycles. The number of hydrogen-bond donors (Lipinski definition) is 1. The zero-order valence-electron chi connectivity index (χ0n) is 11.0. The minimum absolute atomic E-state index is 0.305. The minimum atomic E-state index is 0.305. The van der Waals surface area contributed by atoms with E-state index < -0.39 is 0 Å². The predicted molar refractivity (Wildman–Crippen MR) is 77.8 cm³/mol. The highest BCUT2D eigenvalue weighted by Crippen LogP contribution is 2.31. The first kappa shape index (κ1) is 11.7. The van der Waals surface area contributed by atoms with Crippen LogP contribution in [0.1, 0.15) is 19.9 Å². The fraction of sp³-hybridized carbons (Fsp3) is 0.200. The van der Waals surface area contributed by atoms with Crippen molar-refractivity contribution in [3.05, 3.63) is 42.7 Å². The van der Waals surface area contributed by atoms with Crippen molar-refractivity contribution < 1.29 is 0 Å². The van der Waals surface area contributed by atoms with E-state index >= 15 is 0 Å². The van der Waals surface area contributed by atoms with E-state index in [1.165, 1.54) is 10.9 Å². The van der Waals surface area contributed by atoms with Crippen molar-refractivity contribution in [2.75, 3.05) is 5.73 Å². The van der Waals surface area contributed by atoms with E-state index in [9.17, 15) is 0 Å². The summed E-state index contributed by atoms with van der Waals surface area (Å²) in [4.78, 5) is 8.27. The molecule has 4 heteroatoms. The molecule has 3 aromatic rings. The highest BCUT2D eigenvalue weighted by atomic mass is 15.0. The second kappa shape index (κ2) is 4.39. The Balaban J connectivity index is 2.30. The number of hydrogen-bond acceptors (Lipinski definition) is 3. The molecular formula is C15H16N4. The smallest absolute Gasteiger partial charge is 0.220 e. The Morgan fingerprint density at radius 2 is 1.95 bits per heavy atom. The van der Waals surface area contributed by atoms with Gasteiger partial charge in [-0.3, -0.25) is 0 Å². The summed E-state index contributed by atoms with van der Waals surface area (Å²) in [5, 5.41) is 1.19. The van der Waals surface area contributed by atoms with E-state index in [4.69, 9.17) is 5.73 Å². The molecule has 0 aliphatic carbocycles. The summed E-state index contributed by atoms with van der Waals surface area (Å²) >= 11 is 0. The Morgan fingerprint density at radius 3 is 2.68 bits per heavy atom. The van der Waals surface area contributed by atoms with Gasteiger partial charge in [-0.1, -0.05) is 18.2 Å². The highest BCUT2D eigenvalue weighted by Gasteiger charge is 2.12. The molecular weight excluding hydrogens is 236 g/mol. The Kier molecular flexibility index (Phi) is 2.71. The number of nitrogen functional groups attached to an aromatic ring is 1. The van der Waals surface area contributed by atoms with Crippen molar-refractivity contribution in [2.45, 2.75) is 19.9 Å². The van der Waals surface area contributed by atoms with Crippen molar-refractivity contribution in [2.24, 2.45) is 0 Å². The molecule has 4 nitrogen and oxygen atoms in total. The van der Waals surface area contributed by atoms with Gasteiger partial charge in [0.25, 0.3) is 0 Å². The molecule has 0 atom stereocenters. The number of nitrogens with zero attached hydrogens (tertiary/aromatic N) is 3. The molecule has 0 saturated heterocycles. The average Bonchev–Trinajstić information content (AvgIpc) is 2.78. The van der Waals surface area contributed by atoms with Crippen molar-refractivity contribution >= 4 is 16.9 Å². The van der Waals surface area contributed by atoms with Gasteiger partial charge in [-0.25, -0.2) is 9.97 Å². The fourth-order valence-corrected chi connectivity index (χ4v) is 2.36. The van der Waals surface area contributed by atoms with Crippen molar-refractivity contribution in [3.8, 4) is 11.3 Å². The Labute approximate surface area is 111 Å². The van der Waals surface area contributed by atoms with Crippen molar-refractivity contribution in [1.29, 1.82) is 0 Å². The second-order valence-corrected chi connectivity index (χ2v) is 4.86. The summed E-state index contributed by atoms with van der Waals surface area (Å²) in [6.07, 6.45) is 3.83. The van der Waals surface area contributed by atoms with Gasteiger partial charge in [0.15, 0.2) is 0 Å². The van der Waals surface area contributed by atoms with Crippen LogP contribution in [0.4, 0.5) is 5.95 Å². The number of nitrogens with two attached hydrogens (primary N) is 1. The van der Waals surface area contributed by atoms with Crippen LogP contribution in [0.15, 0.2) is 42.7 Å². The minimum Gasteiger partial charge on any atom is -0.368 e. The monoisotopic (exact) mass is 252 g/mol. The number of para-hydroxylation sites is 1. The molecule has 2 heterocycles. The third kappa shape index (κ3) is 1.95. The van der Waals surface area contributed by atoms with Crippen LogP contribution < -0.4 is 5.73 Å². The first-order valence-corrected chi connectivity index (χ1v) is 6.35. The summed E-state index contributed by atoms with van der Waals surface area (Å²) in [5.74, 6) is 0.305. The van der Waals surface area contributed by atoms with E-state index in [2.05, 4.69) is 52.8 Å². The van der Waals surface area contributed by atoms with Gasteiger partial charge in [0.1, 0.15) is 0 Å². The van der Waals surface area contributed by atoms with Crippen LogP contribution in [0.2, 0.25) is 0 Å². The molecule has 3 rings (SSSR count). The highest BCUT2D eigenvalue weighted by molar-refractivity contribution is 5.95. The first-order chi connectivity index (χ1) is 9.16. The van der Waals surface area contributed by atoms with Gasteiger partial charge in [0, 0.05) is 34.9 Å². The molecule has 0 unspecified atom stereocenters. The Morgan fingerprint density at radius 1 is 1.16 bits per heavy atom. The largest absolute Gasteiger partial charge is 0.368 e. The number of benzene rings is 1. The Bertz CT molecular complexity index is 728. The predicted octanol–water partition coefficient (Wildman–Crippen LogP) is 3.26. The maximum Gasteiger partial charge on any atom is 0.220 e. The molecule has 0 radical (unpaired) electrons. The van der Waals surface area contributed by atoms with Gasteiger partial charge >= 0.3 is 0 Å². The van der Waals surface area contributed by atoms with Crippen LogP contribution in [-0.2, 0) is 0 Å². The molecule has 2 N–H and O–H groups in total. The molecule has 0 saturated carbocycles. The lowest BCUT2D eigenvalue weighted by Gasteiger charge is -2.08. The summed E-state index contributed by atoms with van der Waals surface area (Å²) in [6, 6.07) is 10.6. The van der Waals surface area contributed by atoms with Gasteiger partial charge in [0.2, 0.25) is 5.95 Å². The standard InChI is InChI=1S/C15H16N4/c1-10(2)19-9-12(11-5-3-4-6-14(11)19)13-7-8-17-15(16)18-13/h3-10H,1-2H3,(H2,16,17,18). The lowest BCUT2D eigenvalue weighted by molar-refractivity contribution is 0.623. The third-order valence-electron chi connectivity index (χ3n) is 3.25. The summed E-state index contributed by atoms with van der Waals surface area (Å²) < 4.78 is 2.25. The maximum absolute atomic E-state index is 5.68. The molecule has 0 aliphatic rings. The molecule has 96 valence electrons. The molecule has 0 fully saturated rings. The van der Waals surface area contributed by atoms with Crippen LogP contribution in [0.5, 0.6) is 0 Å². The van der Waals surface area contributed by atoms with E-state index in [0.29, 0.717) is 12.0 Å². The van der Waals surface area contributed by atoms with Gasteiger partial charge in [-0.05, 0) is 26.0 Å². The third-order valence-corrected chi connectivity index (χ3v) is 3.25. The van der Waals surface area contributed by atoms with Crippen LogP contribution in [0.25, 0.3) is 22.2 Å². The van der Waals surface area contributed by atoms with Crippen molar-refractivity contribution in [1.82, 2.24) is 14.5 Å². The number of aromatic nitrogens is 3. The Hall–Kier alpha value is -2.36. The molecule has 19 heavy (non-hydrogen) atoms. The van der Waals surface area contributed by atoms with Gasteiger partial charge in [0.05, 0.1) is 5.69 Å². The number of fused-ring (bicyclic) bond motifs is 1. The average molecular weight is 252 g/mol. The van der Waals surface area contributed by atoms with Gasteiger partial charge in [-0.15, -0.1) is 0 Å². The van der Waals surface area contributed by atoms with Crippen LogP contribution in [0.3, 0.4) is 0 Å². The molecule has 0 aliphatic heterocycles. The van der Waals surface area contributed by atoms with Gasteiger partial charge < -0.3 is 10.3 Å². The summed E-state index contributed by atoms with van der Waals surface area (Å²) in [7, 11) is 0. The SMILES string of the molecule is CC(C)n1cc(-c2ccnc(N)n2)c2ccccc21.